The minimum atomic E-state index is -0.563. The second-order valence-electron chi connectivity index (χ2n) is 3.55. The first-order valence-corrected chi connectivity index (χ1v) is 4.89. The lowest BCUT2D eigenvalue weighted by molar-refractivity contribution is 0.181. The Labute approximate surface area is 96.4 Å². The van der Waals surface area contributed by atoms with Crippen molar-refractivity contribution in [3.63, 3.8) is 0 Å². The van der Waals surface area contributed by atoms with E-state index in [0.29, 0.717) is 5.56 Å². The summed E-state index contributed by atoms with van der Waals surface area (Å²) in [6, 6.07) is 2.19. The van der Waals surface area contributed by atoms with Crippen molar-refractivity contribution in [2.45, 2.75) is 6.61 Å². The lowest BCUT2D eigenvalue weighted by atomic mass is 10.1. The largest absolute Gasteiger partial charge is 0.384 e. The van der Waals surface area contributed by atoms with E-state index in [1.54, 1.807) is 0 Å². The summed E-state index contributed by atoms with van der Waals surface area (Å²) in [6.45, 7) is 0.0178. The van der Waals surface area contributed by atoms with Crippen LogP contribution in [0, 0.1) is 11.6 Å². The molecule has 0 fully saturated rings. The van der Waals surface area contributed by atoms with Gasteiger partial charge in [-0.05, 0) is 12.1 Å². The number of benzene rings is 1. The van der Waals surface area contributed by atoms with Gasteiger partial charge in [-0.25, -0.2) is 8.78 Å². The molecule has 0 bridgehead atoms. The van der Waals surface area contributed by atoms with Crippen molar-refractivity contribution in [3.05, 3.63) is 35.5 Å². The van der Waals surface area contributed by atoms with Crippen molar-refractivity contribution < 1.29 is 13.5 Å². The Bertz CT molecular complexity index is 540. The quantitative estimate of drug-likeness (QED) is 0.861. The number of hydrogen-bond donors (Lipinski definition) is 2. The van der Waals surface area contributed by atoms with Gasteiger partial charge >= 0.3 is 0 Å². The zero-order valence-electron chi connectivity index (χ0n) is 9.13. The molecule has 4 nitrogen and oxygen atoms in total. The third-order valence-electron chi connectivity index (χ3n) is 2.39. The summed E-state index contributed by atoms with van der Waals surface area (Å²) in [5.41, 5.74) is 6.13. The number of nitrogens with zero attached hydrogens (tertiary/aromatic N) is 1. The monoisotopic (exact) mass is 239 g/mol. The summed E-state index contributed by atoms with van der Waals surface area (Å²) >= 11 is 0. The number of methoxy groups -OCH3 is 1. The standard InChI is InChI=1S/C11H11F2N3O/c1-17-5-6-2-10(13)7(3-9(6)12)8-4-15-16-11(8)14/h2-4H,5H2,1H3,(H3,14,15,16). The summed E-state index contributed by atoms with van der Waals surface area (Å²) in [4.78, 5) is 0. The molecule has 0 radical (unpaired) electrons. The van der Waals surface area contributed by atoms with E-state index < -0.39 is 11.6 Å². The molecule has 0 saturated heterocycles. The minimum absolute atomic E-state index is 0.0178. The average Bonchev–Trinajstić information content (AvgIpc) is 2.70. The fraction of sp³-hybridized carbons (Fsp3) is 0.182. The van der Waals surface area contributed by atoms with Crippen LogP contribution in [0.25, 0.3) is 11.1 Å². The highest BCUT2D eigenvalue weighted by molar-refractivity contribution is 5.73. The van der Waals surface area contributed by atoms with Gasteiger partial charge in [-0.15, -0.1) is 0 Å². The van der Waals surface area contributed by atoms with E-state index in [1.165, 1.54) is 13.3 Å². The lowest BCUT2D eigenvalue weighted by Gasteiger charge is -2.06. The van der Waals surface area contributed by atoms with Gasteiger partial charge < -0.3 is 10.5 Å². The van der Waals surface area contributed by atoms with Crippen LogP contribution in [0.4, 0.5) is 14.6 Å². The van der Waals surface area contributed by atoms with Crippen molar-refractivity contribution in [1.29, 1.82) is 0 Å². The average molecular weight is 239 g/mol. The minimum Gasteiger partial charge on any atom is -0.384 e. The first-order valence-electron chi connectivity index (χ1n) is 4.89. The highest BCUT2D eigenvalue weighted by Gasteiger charge is 2.14. The Balaban J connectivity index is 2.50. The van der Waals surface area contributed by atoms with Gasteiger partial charge in [0.25, 0.3) is 0 Å². The maximum absolute atomic E-state index is 13.8. The van der Waals surface area contributed by atoms with Gasteiger partial charge in [0.2, 0.25) is 0 Å². The smallest absolute Gasteiger partial charge is 0.131 e. The van der Waals surface area contributed by atoms with Crippen LogP contribution in [0.3, 0.4) is 0 Å². The van der Waals surface area contributed by atoms with Crippen LogP contribution in [0.5, 0.6) is 0 Å². The lowest BCUT2D eigenvalue weighted by Crippen LogP contribution is -1.97. The van der Waals surface area contributed by atoms with Crippen molar-refractivity contribution in [3.8, 4) is 11.1 Å². The third kappa shape index (κ3) is 2.12. The number of nitrogens with two attached hydrogens (primary N) is 1. The van der Waals surface area contributed by atoms with Crippen LogP contribution >= 0.6 is 0 Å². The second kappa shape index (κ2) is 4.50. The molecule has 0 aliphatic rings. The van der Waals surface area contributed by atoms with E-state index in [2.05, 4.69) is 10.2 Å². The van der Waals surface area contributed by atoms with Crippen molar-refractivity contribution in [2.75, 3.05) is 12.8 Å². The molecule has 0 aliphatic carbocycles. The molecule has 0 atom stereocenters. The predicted molar refractivity (Wildman–Crippen MR) is 59.1 cm³/mol. The van der Waals surface area contributed by atoms with Gasteiger partial charge in [0.05, 0.1) is 12.8 Å². The molecule has 2 rings (SSSR count). The van der Waals surface area contributed by atoms with Crippen LogP contribution in [-0.4, -0.2) is 17.3 Å². The number of aromatic nitrogens is 2. The van der Waals surface area contributed by atoms with E-state index >= 15 is 0 Å². The van der Waals surface area contributed by atoms with Crippen LogP contribution in [-0.2, 0) is 11.3 Å². The highest BCUT2D eigenvalue weighted by atomic mass is 19.1. The van der Waals surface area contributed by atoms with Crippen LogP contribution < -0.4 is 5.73 Å². The first kappa shape index (κ1) is 11.5. The van der Waals surface area contributed by atoms with Gasteiger partial charge in [0, 0.05) is 23.8 Å². The van der Waals surface area contributed by atoms with Crippen molar-refractivity contribution in [2.24, 2.45) is 0 Å². The number of rotatable bonds is 3. The zero-order chi connectivity index (χ0) is 12.4. The van der Waals surface area contributed by atoms with Gasteiger partial charge in [0.1, 0.15) is 17.5 Å². The molecular formula is C11H11F2N3O. The molecule has 1 aromatic carbocycles. The molecular weight excluding hydrogens is 228 g/mol. The Morgan fingerprint density at radius 1 is 1.29 bits per heavy atom. The number of H-pyrrole nitrogens is 1. The number of aromatic amines is 1. The molecule has 1 heterocycles. The molecule has 0 aliphatic heterocycles. The molecule has 0 spiro atoms. The van der Waals surface area contributed by atoms with Gasteiger partial charge in [-0.3, -0.25) is 5.10 Å². The second-order valence-corrected chi connectivity index (χ2v) is 3.55. The van der Waals surface area contributed by atoms with Crippen LogP contribution in [0.1, 0.15) is 5.56 Å². The molecule has 2 aromatic rings. The number of nitrogens with one attached hydrogen (secondary N) is 1. The summed E-state index contributed by atoms with van der Waals surface area (Å²) in [5, 5.41) is 6.13. The predicted octanol–water partition coefficient (Wildman–Crippen LogP) is 2.08. The number of hydrogen-bond acceptors (Lipinski definition) is 3. The van der Waals surface area contributed by atoms with E-state index in [4.69, 9.17) is 10.5 Å². The van der Waals surface area contributed by atoms with E-state index in [1.807, 2.05) is 0 Å². The molecule has 3 N–H and O–H groups in total. The molecule has 0 unspecified atom stereocenters. The fourth-order valence-corrected chi connectivity index (χ4v) is 1.57. The number of anilines is 1. The van der Waals surface area contributed by atoms with E-state index in [0.717, 1.165) is 12.1 Å². The maximum Gasteiger partial charge on any atom is 0.131 e. The van der Waals surface area contributed by atoms with Gasteiger partial charge in [-0.1, -0.05) is 0 Å². The highest BCUT2D eigenvalue weighted by Crippen LogP contribution is 2.28. The molecule has 6 heteroatoms. The molecule has 1 aromatic heterocycles. The van der Waals surface area contributed by atoms with Crippen molar-refractivity contribution in [1.82, 2.24) is 10.2 Å². The topological polar surface area (TPSA) is 63.9 Å². The van der Waals surface area contributed by atoms with E-state index in [9.17, 15) is 8.78 Å². The summed E-state index contributed by atoms with van der Waals surface area (Å²) < 4.78 is 32.2. The Morgan fingerprint density at radius 2 is 2.06 bits per heavy atom. The molecule has 0 amide bonds. The molecule has 0 saturated carbocycles. The molecule has 17 heavy (non-hydrogen) atoms. The number of nitrogen functional groups attached to an aromatic ring is 1. The molecule has 90 valence electrons. The summed E-state index contributed by atoms with van der Waals surface area (Å²) in [6.07, 6.45) is 1.35. The van der Waals surface area contributed by atoms with E-state index in [-0.39, 0.29) is 23.6 Å². The van der Waals surface area contributed by atoms with Crippen molar-refractivity contribution >= 4 is 5.82 Å². The number of halogens is 2. The van der Waals surface area contributed by atoms with Gasteiger partial charge in [0.15, 0.2) is 0 Å². The SMILES string of the molecule is COCc1cc(F)c(-c2cn[nH]c2N)cc1F. The summed E-state index contributed by atoms with van der Waals surface area (Å²) in [5.74, 6) is -0.904. The van der Waals surface area contributed by atoms with Gasteiger partial charge in [-0.2, -0.15) is 5.10 Å². The Kier molecular flexibility index (Phi) is 3.06. The third-order valence-corrected chi connectivity index (χ3v) is 2.39. The fourth-order valence-electron chi connectivity index (χ4n) is 1.57. The normalized spacial score (nSPS) is 10.8. The first-order chi connectivity index (χ1) is 8.13. The number of ether oxygens (including phenoxy) is 1. The Hall–Kier alpha value is -1.95. The maximum atomic E-state index is 13.8. The zero-order valence-corrected chi connectivity index (χ0v) is 9.13. The summed E-state index contributed by atoms with van der Waals surface area (Å²) in [7, 11) is 1.42. The van der Waals surface area contributed by atoms with Crippen LogP contribution in [0.15, 0.2) is 18.3 Å². The Morgan fingerprint density at radius 3 is 2.65 bits per heavy atom. The van der Waals surface area contributed by atoms with Crippen LogP contribution in [0.2, 0.25) is 0 Å².